The highest BCUT2D eigenvalue weighted by Gasteiger charge is 2.23. The number of benzene rings is 1. The van der Waals surface area contributed by atoms with Crippen molar-refractivity contribution in [3.63, 3.8) is 0 Å². The second-order valence-corrected chi connectivity index (χ2v) is 5.77. The summed E-state index contributed by atoms with van der Waals surface area (Å²) < 4.78 is 0.691. The van der Waals surface area contributed by atoms with Crippen LogP contribution in [0.5, 0.6) is 0 Å². The third-order valence-corrected chi connectivity index (χ3v) is 4.06. The van der Waals surface area contributed by atoms with Crippen LogP contribution in [0.4, 0.5) is 5.69 Å². The maximum absolute atomic E-state index is 12.4. The minimum Gasteiger partial charge on any atom is -0.368 e. The normalized spacial score (nSPS) is 15.1. The van der Waals surface area contributed by atoms with Crippen molar-refractivity contribution >= 4 is 27.5 Å². The molecule has 0 atom stereocenters. The Labute approximate surface area is 132 Å². The lowest BCUT2D eigenvalue weighted by atomic mass is 10.2. The summed E-state index contributed by atoms with van der Waals surface area (Å²) in [6.07, 6.45) is 0. The smallest absolute Gasteiger partial charge is 0.272 e. The van der Waals surface area contributed by atoms with E-state index in [2.05, 4.69) is 37.9 Å². The molecular weight excluding hydrogens is 330 g/mol. The molecule has 2 heterocycles. The number of aromatic nitrogens is 1. The van der Waals surface area contributed by atoms with Crippen molar-refractivity contribution in [3.05, 3.63) is 58.8 Å². The SMILES string of the molecule is O=C(c1cccc(Br)n1)N1CCN(c2ccccc2)CC1. The summed E-state index contributed by atoms with van der Waals surface area (Å²) in [5.74, 6) is 0.00371. The number of carbonyl (C=O) groups excluding carboxylic acids is 1. The fourth-order valence-corrected chi connectivity index (χ4v) is 2.84. The van der Waals surface area contributed by atoms with E-state index in [1.807, 2.05) is 35.2 Å². The molecule has 0 saturated carbocycles. The first kappa shape index (κ1) is 14.1. The number of amides is 1. The first-order valence-corrected chi connectivity index (χ1v) is 7.75. The summed E-state index contributed by atoms with van der Waals surface area (Å²) in [4.78, 5) is 20.8. The molecule has 5 heteroatoms. The molecule has 1 aromatic carbocycles. The lowest BCUT2D eigenvalue weighted by Gasteiger charge is -2.36. The second kappa shape index (κ2) is 6.26. The molecule has 1 amide bonds. The molecule has 1 fully saturated rings. The number of hydrogen-bond donors (Lipinski definition) is 0. The van der Waals surface area contributed by atoms with Crippen LogP contribution in [0.1, 0.15) is 10.5 Å². The third kappa shape index (κ3) is 3.24. The van der Waals surface area contributed by atoms with E-state index in [9.17, 15) is 4.79 Å². The van der Waals surface area contributed by atoms with Crippen LogP contribution < -0.4 is 4.90 Å². The van der Waals surface area contributed by atoms with Crippen LogP contribution in [-0.2, 0) is 0 Å². The Morgan fingerprint density at radius 2 is 1.67 bits per heavy atom. The van der Waals surface area contributed by atoms with E-state index >= 15 is 0 Å². The van der Waals surface area contributed by atoms with Gasteiger partial charge in [0.05, 0.1) is 0 Å². The topological polar surface area (TPSA) is 36.4 Å². The van der Waals surface area contributed by atoms with Crippen molar-refractivity contribution in [2.45, 2.75) is 0 Å². The number of halogens is 1. The van der Waals surface area contributed by atoms with Gasteiger partial charge in [-0.05, 0) is 40.2 Å². The van der Waals surface area contributed by atoms with E-state index in [1.165, 1.54) is 5.69 Å². The van der Waals surface area contributed by atoms with Gasteiger partial charge in [-0.25, -0.2) is 4.98 Å². The maximum atomic E-state index is 12.4. The highest BCUT2D eigenvalue weighted by Crippen LogP contribution is 2.17. The van der Waals surface area contributed by atoms with Crippen LogP contribution in [0.2, 0.25) is 0 Å². The molecular formula is C16H16BrN3O. The van der Waals surface area contributed by atoms with Crippen molar-refractivity contribution in [2.24, 2.45) is 0 Å². The number of pyridine rings is 1. The molecule has 3 rings (SSSR count). The van der Waals surface area contributed by atoms with Gasteiger partial charge >= 0.3 is 0 Å². The molecule has 1 aliphatic rings. The zero-order chi connectivity index (χ0) is 14.7. The number of anilines is 1. The van der Waals surface area contributed by atoms with Crippen molar-refractivity contribution in [3.8, 4) is 0 Å². The van der Waals surface area contributed by atoms with Crippen LogP contribution in [0.3, 0.4) is 0 Å². The van der Waals surface area contributed by atoms with Crippen LogP contribution in [0.15, 0.2) is 53.1 Å². The molecule has 0 bridgehead atoms. The summed E-state index contributed by atoms with van der Waals surface area (Å²) in [7, 11) is 0. The number of rotatable bonds is 2. The molecule has 1 aliphatic heterocycles. The quantitative estimate of drug-likeness (QED) is 0.785. The summed E-state index contributed by atoms with van der Waals surface area (Å²) in [6.45, 7) is 3.15. The van der Waals surface area contributed by atoms with Gasteiger partial charge in [-0.15, -0.1) is 0 Å². The zero-order valence-corrected chi connectivity index (χ0v) is 13.2. The molecule has 1 saturated heterocycles. The van der Waals surface area contributed by atoms with E-state index in [4.69, 9.17) is 0 Å². The Hall–Kier alpha value is -1.88. The van der Waals surface area contributed by atoms with Gasteiger partial charge in [-0.3, -0.25) is 4.79 Å². The van der Waals surface area contributed by atoms with E-state index in [0.29, 0.717) is 10.3 Å². The Bertz CT molecular complexity index is 624. The second-order valence-electron chi connectivity index (χ2n) is 4.96. The van der Waals surface area contributed by atoms with Crippen molar-refractivity contribution in [1.29, 1.82) is 0 Å². The average molecular weight is 346 g/mol. The molecule has 2 aromatic rings. The van der Waals surface area contributed by atoms with E-state index < -0.39 is 0 Å². The Kier molecular flexibility index (Phi) is 4.20. The summed E-state index contributed by atoms with van der Waals surface area (Å²) in [6, 6.07) is 15.7. The number of nitrogens with zero attached hydrogens (tertiary/aromatic N) is 3. The minimum absolute atomic E-state index is 0.00371. The van der Waals surface area contributed by atoms with Gasteiger partial charge in [0.2, 0.25) is 0 Å². The average Bonchev–Trinajstić information content (AvgIpc) is 2.55. The van der Waals surface area contributed by atoms with Gasteiger partial charge < -0.3 is 9.80 Å². The van der Waals surface area contributed by atoms with Crippen LogP contribution in [0, 0.1) is 0 Å². The Morgan fingerprint density at radius 3 is 2.33 bits per heavy atom. The number of carbonyl (C=O) groups is 1. The fourth-order valence-electron chi connectivity index (χ4n) is 2.50. The number of hydrogen-bond acceptors (Lipinski definition) is 3. The summed E-state index contributed by atoms with van der Waals surface area (Å²) >= 11 is 3.30. The monoisotopic (exact) mass is 345 g/mol. The van der Waals surface area contributed by atoms with Crippen molar-refractivity contribution < 1.29 is 4.79 Å². The number of para-hydroxylation sites is 1. The Balaban J connectivity index is 1.64. The summed E-state index contributed by atoms with van der Waals surface area (Å²) in [5, 5.41) is 0. The molecule has 0 radical (unpaired) electrons. The lowest BCUT2D eigenvalue weighted by molar-refractivity contribution is 0.0740. The number of piperazine rings is 1. The van der Waals surface area contributed by atoms with Gasteiger partial charge in [0.25, 0.3) is 5.91 Å². The highest BCUT2D eigenvalue weighted by atomic mass is 79.9. The molecule has 4 nitrogen and oxygen atoms in total. The molecule has 108 valence electrons. The van der Waals surface area contributed by atoms with Gasteiger partial charge in [0, 0.05) is 31.9 Å². The van der Waals surface area contributed by atoms with E-state index in [1.54, 1.807) is 6.07 Å². The minimum atomic E-state index is 0.00371. The molecule has 0 spiro atoms. The molecule has 0 unspecified atom stereocenters. The summed E-state index contributed by atoms with van der Waals surface area (Å²) in [5.41, 5.74) is 1.71. The van der Waals surface area contributed by atoms with Gasteiger partial charge in [-0.2, -0.15) is 0 Å². The third-order valence-electron chi connectivity index (χ3n) is 3.62. The predicted octanol–water partition coefficient (Wildman–Crippen LogP) is 2.81. The fraction of sp³-hybridized carbons (Fsp3) is 0.250. The van der Waals surface area contributed by atoms with Crippen molar-refractivity contribution in [2.75, 3.05) is 31.1 Å². The van der Waals surface area contributed by atoms with Gasteiger partial charge in [0.1, 0.15) is 10.3 Å². The first-order chi connectivity index (χ1) is 10.2. The Morgan fingerprint density at radius 1 is 0.952 bits per heavy atom. The molecule has 0 aliphatic carbocycles. The van der Waals surface area contributed by atoms with Crippen LogP contribution in [0.25, 0.3) is 0 Å². The lowest BCUT2D eigenvalue weighted by Crippen LogP contribution is -2.49. The van der Waals surface area contributed by atoms with E-state index in [-0.39, 0.29) is 5.91 Å². The first-order valence-electron chi connectivity index (χ1n) is 6.96. The predicted molar refractivity (Wildman–Crippen MR) is 86.5 cm³/mol. The maximum Gasteiger partial charge on any atom is 0.272 e. The van der Waals surface area contributed by atoms with Crippen LogP contribution >= 0.6 is 15.9 Å². The highest BCUT2D eigenvalue weighted by molar-refractivity contribution is 9.10. The van der Waals surface area contributed by atoms with Crippen LogP contribution in [-0.4, -0.2) is 42.0 Å². The van der Waals surface area contributed by atoms with Crippen molar-refractivity contribution in [1.82, 2.24) is 9.88 Å². The molecule has 21 heavy (non-hydrogen) atoms. The van der Waals surface area contributed by atoms with E-state index in [0.717, 1.165) is 26.2 Å². The van der Waals surface area contributed by atoms with Gasteiger partial charge in [-0.1, -0.05) is 24.3 Å². The zero-order valence-electron chi connectivity index (χ0n) is 11.6. The molecule has 1 aromatic heterocycles. The largest absolute Gasteiger partial charge is 0.368 e. The van der Waals surface area contributed by atoms with Gasteiger partial charge in [0.15, 0.2) is 0 Å². The molecule has 0 N–H and O–H groups in total. The standard InChI is InChI=1S/C16H16BrN3O/c17-15-8-4-7-14(18-15)16(21)20-11-9-19(10-12-20)13-5-2-1-3-6-13/h1-8H,9-12H2.